The first-order valence-corrected chi connectivity index (χ1v) is 8.70. The van der Waals surface area contributed by atoms with Gasteiger partial charge in [0.1, 0.15) is 5.76 Å². The van der Waals surface area contributed by atoms with Crippen LogP contribution >= 0.6 is 12.4 Å². The molecule has 2 aliphatic heterocycles. The van der Waals surface area contributed by atoms with E-state index in [0.29, 0.717) is 22.8 Å². The van der Waals surface area contributed by atoms with Gasteiger partial charge in [0, 0.05) is 25.2 Å². The lowest BCUT2D eigenvalue weighted by Gasteiger charge is -2.38. The Morgan fingerprint density at radius 2 is 1.92 bits per heavy atom. The van der Waals surface area contributed by atoms with Crippen molar-refractivity contribution in [3.63, 3.8) is 0 Å². The summed E-state index contributed by atoms with van der Waals surface area (Å²) in [5.74, 6) is 1.12. The van der Waals surface area contributed by atoms with E-state index < -0.39 is 0 Å². The van der Waals surface area contributed by atoms with Gasteiger partial charge in [-0.05, 0) is 50.3 Å². The quantitative estimate of drug-likeness (QED) is 0.891. The van der Waals surface area contributed by atoms with Crippen LogP contribution in [0.5, 0.6) is 0 Å². The first kappa shape index (κ1) is 18.0. The van der Waals surface area contributed by atoms with E-state index in [2.05, 4.69) is 10.3 Å². The average Bonchev–Trinajstić information content (AvgIpc) is 3.23. The molecule has 1 aromatic carbocycles. The Hall–Kier alpha value is -1.85. The van der Waals surface area contributed by atoms with Gasteiger partial charge in [0.05, 0.1) is 0 Å². The number of carbonyl (C=O) groups is 1. The maximum Gasteiger partial charge on any atom is 0.276 e. The minimum atomic E-state index is -0.000706. The highest BCUT2D eigenvalue weighted by molar-refractivity contribution is 5.93. The molecule has 3 heterocycles. The SMILES string of the molecule is Cc1oc(-c2ccccc2)nc1C(=O)N1CCC2(CCNC2)CC1.Cl. The number of benzene rings is 1. The lowest BCUT2D eigenvalue weighted by atomic mass is 9.78. The lowest BCUT2D eigenvalue weighted by Crippen LogP contribution is -2.44. The molecular weight excluding hydrogens is 338 g/mol. The van der Waals surface area contributed by atoms with E-state index >= 15 is 0 Å². The highest BCUT2D eigenvalue weighted by Crippen LogP contribution is 2.37. The van der Waals surface area contributed by atoms with Crippen LogP contribution in [0, 0.1) is 12.3 Å². The van der Waals surface area contributed by atoms with Crippen molar-refractivity contribution in [1.29, 1.82) is 0 Å². The van der Waals surface area contributed by atoms with Crippen LogP contribution in [0.3, 0.4) is 0 Å². The minimum Gasteiger partial charge on any atom is -0.441 e. The smallest absolute Gasteiger partial charge is 0.276 e. The number of likely N-dealkylation sites (tertiary alicyclic amines) is 1. The summed E-state index contributed by atoms with van der Waals surface area (Å²) < 4.78 is 5.74. The normalized spacial score (nSPS) is 19.0. The van der Waals surface area contributed by atoms with Gasteiger partial charge >= 0.3 is 0 Å². The molecule has 0 saturated carbocycles. The van der Waals surface area contributed by atoms with Crippen LogP contribution in [0.15, 0.2) is 34.7 Å². The number of hydrogen-bond acceptors (Lipinski definition) is 4. The fourth-order valence-electron chi connectivity index (χ4n) is 3.86. The average molecular weight is 362 g/mol. The molecule has 0 unspecified atom stereocenters. The van der Waals surface area contributed by atoms with Crippen molar-refractivity contribution >= 4 is 18.3 Å². The van der Waals surface area contributed by atoms with Gasteiger partial charge in [-0.1, -0.05) is 18.2 Å². The molecule has 134 valence electrons. The van der Waals surface area contributed by atoms with Crippen molar-refractivity contribution in [2.75, 3.05) is 26.2 Å². The number of carbonyl (C=O) groups excluding carboxylic acids is 1. The molecule has 0 bridgehead atoms. The Bertz CT molecular complexity index is 728. The third-order valence-corrected chi connectivity index (χ3v) is 5.46. The standard InChI is InChI=1S/C19H23N3O2.ClH/c1-14-16(21-17(24-14)15-5-3-2-4-6-15)18(23)22-11-8-19(9-12-22)7-10-20-13-19;/h2-6,20H,7-13H2,1H3;1H. The summed E-state index contributed by atoms with van der Waals surface area (Å²) in [6.07, 6.45) is 3.39. The highest BCUT2D eigenvalue weighted by atomic mass is 35.5. The third kappa shape index (κ3) is 3.44. The second kappa shape index (κ2) is 7.18. The van der Waals surface area contributed by atoms with E-state index in [1.54, 1.807) is 0 Å². The molecule has 0 atom stereocenters. The monoisotopic (exact) mass is 361 g/mol. The lowest BCUT2D eigenvalue weighted by molar-refractivity contribution is 0.0601. The van der Waals surface area contributed by atoms with E-state index in [-0.39, 0.29) is 18.3 Å². The van der Waals surface area contributed by atoms with Crippen LogP contribution in [0.1, 0.15) is 35.5 Å². The van der Waals surface area contributed by atoms with E-state index in [0.717, 1.165) is 44.6 Å². The van der Waals surface area contributed by atoms with Crippen molar-refractivity contribution in [1.82, 2.24) is 15.2 Å². The molecule has 2 aromatic rings. The Morgan fingerprint density at radius 3 is 2.56 bits per heavy atom. The summed E-state index contributed by atoms with van der Waals surface area (Å²) in [6, 6.07) is 9.72. The van der Waals surface area contributed by atoms with Crippen molar-refractivity contribution in [3.8, 4) is 11.5 Å². The number of nitrogens with zero attached hydrogens (tertiary/aromatic N) is 2. The number of piperidine rings is 1. The van der Waals surface area contributed by atoms with Crippen molar-refractivity contribution in [3.05, 3.63) is 41.8 Å². The molecule has 1 amide bonds. The molecule has 4 rings (SSSR count). The van der Waals surface area contributed by atoms with Gasteiger partial charge < -0.3 is 14.6 Å². The van der Waals surface area contributed by atoms with Gasteiger partial charge in [0.15, 0.2) is 5.69 Å². The Labute approximate surface area is 154 Å². The van der Waals surface area contributed by atoms with E-state index in [1.165, 1.54) is 6.42 Å². The molecule has 1 N–H and O–H groups in total. The summed E-state index contributed by atoms with van der Waals surface area (Å²) in [4.78, 5) is 19.3. The molecule has 5 nitrogen and oxygen atoms in total. The summed E-state index contributed by atoms with van der Waals surface area (Å²) >= 11 is 0. The van der Waals surface area contributed by atoms with Crippen molar-refractivity contribution < 1.29 is 9.21 Å². The summed E-state index contributed by atoms with van der Waals surface area (Å²) in [5, 5.41) is 3.46. The first-order valence-electron chi connectivity index (χ1n) is 8.70. The second-order valence-corrected chi connectivity index (χ2v) is 7.01. The van der Waals surface area contributed by atoms with Crippen LogP contribution in [-0.4, -0.2) is 42.0 Å². The van der Waals surface area contributed by atoms with Gasteiger partial charge in [-0.3, -0.25) is 4.79 Å². The number of halogens is 1. The molecule has 2 fully saturated rings. The van der Waals surface area contributed by atoms with Gasteiger partial charge in [0.25, 0.3) is 5.91 Å². The molecule has 1 spiro atoms. The second-order valence-electron chi connectivity index (χ2n) is 7.01. The molecule has 6 heteroatoms. The number of oxazole rings is 1. The van der Waals surface area contributed by atoms with Gasteiger partial charge in [-0.15, -0.1) is 12.4 Å². The summed E-state index contributed by atoms with van der Waals surface area (Å²) in [7, 11) is 0. The van der Waals surface area contributed by atoms with Crippen LogP contribution < -0.4 is 5.32 Å². The van der Waals surface area contributed by atoms with E-state index in [4.69, 9.17) is 4.42 Å². The number of amides is 1. The first-order chi connectivity index (χ1) is 11.7. The number of rotatable bonds is 2. The zero-order valence-corrected chi connectivity index (χ0v) is 15.3. The van der Waals surface area contributed by atoms with Gasteiger partial charge in [-0.2, -0.15) is 0 Å². The molecule has 2 aliphatic rings. The molecule has 2 saturated heterocycles. The van der Waals surface area contributed by atoms with Gasteiger partial charge in [-0.25, -0.2) is 4.98 Å². The number of aryl methyl sites for hydroxylation is 1. The van der Waals surface area contributed by atoms with Crippen molar-refractivity contribution in [2.24, 2.45) is 5.41 Å². The molecule has 0 radical (unpaired) electrons. The zero-order chi connectivity index (χ0) is 16.6. The zero-order valence-electron chi connectivity index (χ0n) is 14.5. The predicted octanol–water partition coefficient (Wildman–Crippen LogP) is 3.29. The number of hydrogen-bond donors (Lipinski definition) is 1. The number of aromatic nitrogens is 1. The summed E-state index contributed by atoms with van der Waals surface area (Å²) in [6.45, 7) is 5.65. The summed E-state index contributed by atoms with van der Waals surface area (Å²) in [5.41, 5.74) is 1.76. The fraction of sp³-hybridized carbons (Fsp3) is 0.474. The third-order valence-electron chi connectivity index (χ3n) is 5.46. The molecule has 1 aromatic heterocycles. The largest absolute Gasteiger partial charge is 0.441 e. The van der Waals surface area contributed by atoms with E-state index in [9.17, 15) is 4.79 Å². The molecular formula is C19H24ClN3O2. The van der Waals surface area contributed by atoms with Crippen LogP contribution in [0.4, 0.5) is 0 Å². The minimum absolute atomic E-state index is 0. The predicted molar refractivity (Wildman–Crippen MR) is 99.0 cm³/mol. The van der Waals surface area contributed by atoms with Crippen LogP contribution in [0.25, 0.3) is 11.5 Å². The van der Waals surface area contributed by atoms with Crippen LogP contribution in [-0.2, 0) is 0 Å². The van der Waals surface area contributed by atoms with Crippen molar-refractivity contribution in [2.45, 2.75) is 26.2 Å². The fourth-order valence-corrected chi connectivity index (χ4v) is 3.86. The van der Waals surface area contributed by atoms with E-state index in [1.807, 2.05) is 42.2 Å². The van der Waals surface area contributed by atoms with Crippen LogP contribution in [0.2, 0.25) is 0 Å². The Morgan fingerprint density at radius 1 is 1.20 bits per heavy atom. The molecule has 25 heavy (non-hydrogen) atoms. The Kier molecular flexibility index (Phi) is 5.16. The number of nitrogens with one attached hydrogen (secondary N) is 1. The van der Waals surface area contributed by atoms with Gasteiger partial charge in [0.2, 0.25) is 5.89 Å². The highest BCUT2D eigenvalue weighted by Gasteiger charge is 2.38. The topological polar surface area (TPSA) is 58.4 Å². The maximum absolute atomic E-state index is 12.9. The Balaban J connectivity index is 0.00000182. The molecule has 0 aliphatic carbocycles. The maximum atomic E-state index is 12.9.